The number of aromatic nitrogens is 1. The van der Waals surface area contributed by atoms with Crippen LogP contribution in [0.4, 0.5) is 5.82 Å². The Labute approximate surface area is 115 Å². The van der Waals surface area contributed by atoms with E-state index in [1.807, 2.05) is 6.20 Å². The van der Waals surface area contributed by atoms with Crippen molar-refractivity contribution in [2.24, 2.45) is 0 Å². The number of nitrogens with one attached hydrogen (secondary N) is 1. The van der Waals surface area contributed by atoms with Gasteiger partial charge in [0.1, 0.15) is 5.82 Å². The van der Waals surface area contributed by atoms with Gasteiger partial charge in [-0.05, 0) is 32.4 Å². The predicted molar refractivity (Wildman–Crippen MR) is 78.3 cm³/mol. The van der Waals surface area contributed by atoms with Crippen LogP contribution >= 0.6 is 0 Å². The topological polar surface area (TPSA) is 31.4 Å². The molecule has 1 aliphatic heterocycles. The second kappa shape index (κ2) is 5.88. The summed E-state index contributed by atoms with van der Waals surface area (Å²) in [5.41, 5.74) is 1.35. The fourth-order valence-electron chi connectivity index (χ4n) is 2.69. The van der Waals surface area contributed by atoms with Crippen LogP contribution in [-0.4, -0.2) is 54.1 Å². The first kappa shape index (κ1) is 12.9. The third-order valence-electron chi connectivity index (χ3n) is 4.33. The summed E-state index contributed by atoms with van der Waals surface area (Å²) >= 11 is 0. The van der Waals surface area contributed by atoms with E-state index in [2.05, 4.69) is 39.3 Å². The van der Waals surface area contributed by atoms with Gasteiger partial charge in [0.25, 0.3) is 0 Å². The van der Waals surface area contributed by atoms with E-state index in [1.54, 1.807) is 0 Å². The number of hydrogen-bond donors (Lipinski definition) is 1. The molecule has 1 saturated carbocycles. The van der Waals surface area contributed by atoms with Crippen molar-refractivity contribution >= 4 is 5.82 Å². The van der Waals surface area contributed by atoms with Gasteiger partial charge in [-0.1, -0.05) is 6.07 Å². The lowest BCUT2D eigenvalue weighted by atomic mass is 9.93. The summed E-state index contributed by atoms with van der Waals surface area (Å²) in [4.78, 5) is 9.46. The lowest BCUT2D eigenvalue weighted by Crippen LogP contribution is -2.44. The summed E-state index contributed by atoms with van der Waals surface area (Å²) in [6.45, 7) is 5.69. The van der Waals surface area contributed by atoms with E-state index in [1.165, 1.54) is 37.9 Å². The zero-order valence-electron chi connectivity index (χ0n) is 11.8. The first-order valence-electron chi connectivity index (χ1n) is 7.42. The van der Waals surface area contributed by atoms with E-state index >= 15 is 0 Å². The Morgan fingerprint density at radius 1 is 1.26 bits per heavy atom. The van der Waals surface area contributed by atoms with Gasteiger partial charge in [0.05, 0.1) is 0 Å². The lowest BCUT2D eigenvalue weighted by Gasteiger charge is -2.33. The van der Waals surface area contributed by atoms with Crippen LogP contribution in [-0.2, 0) is 6.54 Å². The number of nitrogens with zero attached hydrogens (tertiary/aromatic N) is 3. The number of piperazine rings is 1. The third kappa shape index (κ3) is 3.25. The van der Waals surface area contributed by atoms with Crippen LogP contribution in [0.3, 0.4) is 0 Å². The van der Waals surface area contributed by atoms with Crippen LogP contribution in [0.5, 0.6) is 0 Å². The Balaban J connectivity index is 1.62. The smallest absolute Gasteiger partial charge is 0.130 e. The third-order valence-corrected chi connectivity index (χ3v) is 4.33. The molecule has 4 nitrogen and oxygen atoms in total. The normalized spacial score (nSPS) is 22.2. The van der Waals surface area contributed by atoms with Crippen molar-refractivity contribution in [1.29, 1.82) is 0 Å². The molecule has 2 aliphatic rings. The maximum absolute atomic E-state index is 4.53. The summed E-state index contributed by atoms with van der Waals surface area (Å²) in [7, 11) is 2.20. The highest BCUT2D eigenvalue weighted by Gasteiger charge is 2.20. The quantitative estimate of drug-likeness (QED) is 0.894. The highest BCUT2D eigenvalue weighted by atomic mass is 15.2. The average Bonchev–Trinajstić information content (AvgIpc) is 2.38. The number of likely N-dealkylation sites (N-methyl/N-ethyl adjacent to an activating group) is 1. The van der Waals surface area contributed by atoms with Gasteiger partial charge in [-0.15, -0.1) is 0 Å². The zero-order valence-corrected chi connectivity index (χ0v) is 11.8. The molecule has 104 valence electrons. The summed E-state index contributed by atoms with van der Waals surface area (Å²) in [6.07, 6.45) is 5.85. The van der Waals surface area contributed by atoms with Gasteiger partial charge in [-0.25, -0.2) is 4.98 Å². The Morgan fingerprint density at radius 2 is 2.05 bits per heavy atom. The van der Waals surface area contributed by atoms with Crippen molar-refractivity contribution in [3.8, 4) is 0 Å². The molecule has 0 amide bonds. The molecule has 0 radical (unpaired) electrons. The molecule has 1 aromatic rings. The van der Waals surface area contributed by atoms with Crippen molar-refractivity contribution in [3.63, 3.8) is 0 Å². The standard InChI is InChI=1S/C15H24N4/c1-18-8-10-19(11-9-18)12-13-4-3-7-16-15(13)17-14-5-2-6-14/h3-4,7,14H,2,5-6,8-12H2,1H3,(H,16,17). The van der Waals surface area contributed by atoms with Crippen molar-refractivity contribution in [2.75, 3.05) is 38.5 Å². The molecule has 1 N–H and O–H groups in total. The molecule has 0 atom stereocenters. The number of hydrogen-bond acceptors (Lipinski definition) is 4. The average molecular weight is 260 g/mol. The second-order valence-electron chi connectivity index (χ2n) is 5.86. The van der Waals surface area contributed by atoms with Gasteiger partial charge in [-0.3, -0.25) is 4.90 Å². The van der Waals surface area contributed by atoms with Crippen molar-refractivity contribution in [1.82, 2.24) is 14.8 Å². The molecule has 19 heavy (non-hydrogen) atoms. The number of pyridine rings is 1. The molecule has 1 aliphatic carbocycles. The molecule has 2 heterocycles. The lowest BCUT2D eigenvalue weighted by molar-refractivity contribution is 0.148. The largest absolute Gasteiger partial charge is 0.367 e. The molecule has 0 aromatic carbocycles. The molecular formula is C15H24N4. The predicted octanol–water partition coefficient (Wildman–Crippen LogP) is 1.79. The fraction of sp³-hybridized carbons (Fsp3) is 0.667. The molecule has 0 spiro atoms. The molecule has 4 heteroatoms. The highest BCUT2D eigenvalue weighted by molar-refractivity contribution is 5.44. The maximum Gasteiger partial charge on any atom is 0.130 e. The molecular weight excluding hydrogens is 236 g/mol. The number of rotatable bonds is 4. The van der Waals surface area contributed by atoms with Gasteiger partial charge >= 0.3 is 0 Å². The van der Waals surface area contributed by atoms with E-state index in [0.717, 1.165) is 25.5 Å². The highest BCUT2D eigenvalue weighted by Crippen LogP contribution is 2.24. The Bertz CT molecular complexity index is 408. The first-order valence-corrected chi connectivity index (χ1v) is 7.42. The molecule has 1 saturated heterocycles. The van der Waals surface area contributed by atoms with Gasteiger partial charge < -0.3 is 10.2 Å². The minimum atomic E-state index is 0.654. The van der Waals surface area contributed by atoms with E-state index in [4.69, 9.17) is 0 Å². The van der Waals surface area contributed by atoms with Crippen molar-refractivity contribution in [2.45, 2.75) is 31.8 Å². The Hall–Kier alpha value is -1.13. The van der Waals surface area contributed by atoms with Crippen LogP contribution in [0.2, 0.25) is 0 Å². The second-order valence-corrected chi connectivity index (χ2v) is 5.86. The van der Waals surface area contributed by atoms with E-state index in [0.29, 0.717) is 6.04 Å². The minimum Gasteiger partial charge on any atom is -0.367 e. The summed E-state index contributed by atoms with van der Waals surface area (Å²) < 4.78 is 0. The molecule has 0 unspecified atom stereocenters. The SMILES string of the molecule is CN1CCN(Cc2cccnc2NC2CCC2)CC1. The van der Waals surface area contributed by atoms with Gasteiger partial charge in [0, 0.05) is 50.5 Å². The maximum atomic E-state index is 4.53. The van der Waals surface area contributed by atoms with Crippen LogP contribution in [0.1, 0.15) is 24.8 Å². The van der Waals surface area contributed by atoms with Crippen molar-refractivity contribution in [3.05, 3.63) is 23.9 Å². The zero-order chi connectivity index (χ0) is 13.1. The van der Waals surface area contributed by atoms with Gasteiger partial charge in [-0.2, -0.15) is 0 Å². The van der Waals surface area contributed by atoms with Crippen LogP contribution < -0.4 is 5.32 Å². The van der Waals surface area contributed by atoms with Gasteiger partial charge in [0.2, 0.25) is 0 Å². The first-order chi connectivity index (χ1) is 9.31. The molecule has 0 bridgehead atoms. The summed E-state index contributed by atoms with van der Waals surface area (Å²) in [5.74, 6) is 1.10. The van der Waals surface area contributed by atoms with E-state index < -0.39 is 0 Å². The molecule has 3 rings (SSSR count). The minimum absolute atomic E-state index is 0.654. The van der Waals surface area contributed by atoms with Crippen LogP contribution in [0.15, 0.2) is 18.3 Å². The number of anilines is 1. The fourth-order valence-corrected chi connectivity index (χ4v) is 2.69. The molecule has 1 aromatic heterocycles. The van der Waals surface area contributed by atoms with Crippen molar-refractivity contribution < 1.29 is 0 Å². The Kier molecular flexibility index (Phi) is 3.99. The van der Waals surface area contributed by atoms with E-state index in [9.17, 15) is 0 Å². The Morgan fingerprint density at radius 3 is 2.74 bits per heavy atom. The summed E-state index contributed by atoms with van der Waals surface area (Å²) in [6, 6.07) is 4.92. The molecule has 2 fully saturated rings. The van der Waals surface area contributed by atoms with Crippen LogP contribution in [0, 0.1) is 0 Å². The van der Waals surface area contributed by atoms with Crippen LogP contribution in [0.25, 0.3) is 0 Å². The summed E-state index contributed by atoms with van der Waals surface area (Å²) in [5, 5.41) is 3.60. The van der Waals surface area contributed by atoms with E-state index in [-0.39, 0.29) is 0 Å². The monoisotopic (exact) mass is 260 g/mol. The van der Waals surface area contributed by atoms with Gasteiger partial charge in [0.15, 0.2) is 0 Å².